The monoisotopic (exact) mass is 221 g/mol. The summed E-state index contributed by atoms with van der Waals surface area (Å²) >= 11 is 0. The lowest BCUT2D eigenvalue weighted by atomic mass is 10.1. The van der Waals surface area contributed by atoms with Gasteiger partial charge in [0.1, 0.15) is 0 Å². The van der Waals surface area contributed by atoms with Gasteiger partial charge in [-0.3, -0.25) is 4.98 Å². The van der Waals surface area contributed by atoms with Gasteiger partial charge in [-0.05, 0) is 31.4 Å². The Labute approximate surface area is 96.2 Å². The number of ether oxygens (including phenoxy) is 1. The van der Waals surface area contributed by atoms with E-state index in [2.05, 4.69) is 10.3 Å². The summed E-state index contributed by atoms with van der Waals surface area (Å²) in [6.45, 7) is 2.50. The van der Waals surface area contributed by atoms with E-state index in [1.54, 1.807) is 6.20 Å². The average Bonchev–Trinajstić information content (AvgIpc) is 2.33. The summed E-state index contributed by atoms with van der Waals surface area (Å²) in [5.41, 5.74) is 7.47. The molecule has 0 amide bonds. The van der Waals surface area contributed by atoms with E-state index >= 15 is 0 Å². The molecule has 0 aliphatic carbocycles. The molecule has 88 valence electrons. The predicted molar refractivity (Wildman–Crippen MR) is 63.9 cm³/mol. The van der Waals surface area contributed by atoms with Crippen LogP contribution in [0.25, 0.3) is 0 Å². The molecule has 4 nitrogen and oxygen atoms in total. The predicted octanol–water partition coefficient (Wildman–Crippen LogP) is 1.32. The topological polar surface area (TPSA) is 60.2 Å². The van der Waals surface area contributed by atoms with Gasteiger partial charge in [0, 0.05) is 25.9 Å². The van der Waals surface area contributed by atoms with Crippen molar-refractivity contribution in [2.75, 3.05) is 18.9 Å². The van der Waals surface area contributed by atoms with Gasteiger partial charge in [0.2, 0.25) is 0 Å². The van der Waals surface area contributed by atoms with Crippen LogP contribution in [0.15, 0.2) is 18.3 Å². The number of nitrogens with zero attached hydrogens (tertiary/aromatic N) is 1. The molecule has 0 bridgehead atoms. The lowest BCUT2D eigenvalue weighted by Gasteiger charge is -2.22. The zero-order chi connectivity index (χ0) is 11.2. The van der Waals surface area contributed by atoms with E-state index in [1.807, 2.05) is 12.1 Å². The summed E-state index contributed by atoms with van der Waals surface area (Å²) in [5.74, 6) is 0. The third kappa shape index (κ3) is 3.18. The van der Waals surface area contributed by atoms with E-state index in [4.69, 9.17) is 10.5 Å². The molecule has 1 aromatic heterocycles. The standard InChI is InChI=1S/C12H19N3O/c13-11-5-3-6-15-12(11)9-14-8-10-4-1-2-7-16-10/h3,5-6,10,14H,1-2,4,7-9,13H2. The first-order chi connectivity index (χ1) is 7.86. The van der Waals surface area contributed by atoms with Crippen LogP contribution in [0.2, 0.25) is 0 Å². The van der Waals surface area contributed by atoms with Gasteiger partial charge in [0.15, 0.2) is 0 Å². The van der Waals surface area contributed by atoms with Crippen LogP contribution in [0.5, 0.6) is 0 Å². The Kier molecular flexibility index (Phi) is 4.13. The number of rotatable bonds is 4. The van der Waals surface area contributed by atoms with Crippen LogP contribution >= 0.6 is 0 Å². The highest BCUT2D eigenvalue weighted by molar-refractivity contribution is 5.41. The Morgan fingerprint density at radius 2 is 2.44 bits per heavy atom. The molecule has 1 fully saturated rings. The number of hydrogen-bond acceptors (Lipinski definition) is 4. The van der Waals surface area contributed by atoms with E-state index in [-0.39, 0.29) is 0 Å². The van der Waals surface area contributed by atoms with Crippen molar-refractivity contribution in [3.63, 3.8) is 0 Å². The van der Waals surface area contributed by atoms with E-state index < -0.39 is 0 Å². The minimum atomic E-state index is 0.360. The number of nitrogens with two attached hydrogens (primary N) is 1. The molecule has 1 unspecified atom stereocenters. The number of nitrogen functional groups attached to an aromatic ring is 1. The third-order valence-corrected chi connectivity index (χ3v) is 2.86. The van der Waals surface area contributed by atoms with E-state index in [9.17, 15) is 0 Å². The molecule has 1 aliphatic rings. The molecule has 4 heteroatoms. The largest absolute Gasteiger partial charge is 0.397 e. The number of aromatic nitrogens is 1. The first kappa shape index (κ1) is 11.4. The highest BCUT2D eigenvalue weighted by Crippen LogP contribution is 2.12. The fourth-order valence-electron chi connectivity index (χ4n) is 1.92. The smallest absolute Gasteiger partial charge is 0.0770 e. The molecular formula is C12H19N3O. The normalized spacial score (nSPS) is 20.9. The molecule has 1 saturated heterocycles. The second-order valence-electron chi connectivity index (χ2n) is 4.16. The fraction of sp³-hybridized carbons (Fsp3) is 0.583. The molecule has 16 heavy (non-hydrogen) atoms. The van der Waals surface area contributed by atoms with E-state index in [1.165, 1.54) is 12.8 Å². The van der Waals surface area contributed by atoms with Gasteiger partial charge in [-0.15, -0.1) is 0 Å². The van der Waals surface area contributed by atoms with Crippen LogP contribution in [0.4, 0.5) is 5.69 Å². The molecule has 1 aliphatic heterocycles. The highest BCUT2D eigenvalue weighted by Gasteiger charge is 2.13. The molecule has 0 aromatic carbocycles. The summed E-state index contributed by atoms with van der Waals surface area (Å²) < 4.78 is 5.63. The quantitative estimate of drug-likeness (QED) is 0.805. The maximum Gasteiger partial charge on any atom is 0.0770 e. The molecule has 0 radical (unpaired) electrons. The Hall–Kier alpha value is -1.13. The van der Waals surface area contributed by atoms with Crippen molar-refractivity contribution in [3.05, 3.63) is 24.0 Å². The van der Waals surface area contributed by atoms with Crippen molar-refractivity contribution >= 4 is 5.69 Å². The SMILES string of the molecule is Nc1cccnc1CNCC1CCCCO1. The molecule has 2 rings (SSSR count). The number of anilines is 1. The second-order valence-corrected chi connectivity index (χ2v) is 4.16. The third-order valence-electron chi connectivity index (χ3n) is 2.86. The summed E-state index contributed by atoms with van der Waals surface area (Å²) in [5, 5.41) is 3.34. The van der Waals surface area contributed by atoms with Crippen molar-refractivity contribution < 1.29 is 4.74 Å². The number of pyridine rings is 1. The van der Waals surface area contributed by atoms with Gasteiger partial charge in [-0.1, -0.05) is 0 Å². The van der Waals surface area contributed by atoms with Crippen molar-refractivity contribution in [1.82, 2.24) is 10.3 Å². The van der Waals surface area contributed by atoms with Crippen LogP contribution in [0, 0.1) is 0 Å². The maximum atomic E-state index is 5.81. The minimum absolute atomic E-state index is 0.360. The van der Waals surface area contributed by atoms with Gasteiger partial charge >= 0.3 is 0 Å². The van der Waals surface area contributed by atoms with Crippen LogP contribution in [-0.2, 0) is 11.3 Å². The number of hydrogen-bond donors (Lipinski definition) is 2. The Morgan fingerprint density at radius 1 is 1.50 bits per heavy atom. The lowest BCUT2D eigenvalue weighted by Crippen LogP contribution is -2.31. The van der Waals surface area contributed by atoms with E-state index in [0.29, 0.717) is 12.6 Å². The first-order valence-electron chi connectivity index (χ1n) is 5.88. The molecule has 2 heterocycles. The van der Waals surface area contributed by atoms with Gasteiger partial charge in [-0.25, -0.2) is 0 Å². The fourth-order valence-corrected chi connectivity index (χ4v) is 1.92. The van der Waals surface area contributed by atoms with Crippen molar-refractivity contribution in [1.29, 1.82) is 0 Å². The summed E-state index contributed by atoms with van der Waals surface area (Å²) in [6, 6.07) is 3.73. The molecule has 1 atom stereocenters. The van der Waals surface area contributed by atoms with Gasteiger partial charge < -0.3 is 15.8 Å². The van der Waals surface area contributed by atoms with Crippen molar-refractivity contribution in [2.45, 2.75) is 31.9 Å². The highest BCUT2D eigenvalue weighted by atomic mass is 16.5. The summed E-state index contributed by atoms with van der Waals surface area (Å²) in [6.07, 6.45) is 5.76. The minimum Gasteiger partial charge on any atom is -0.397 e. The van der Waals surface area contributed by atoms with E-state index in [0.717, 1.165) is 31.0 Å². The Morgan fingerprint density at radius 3 is 3.19 bits per heavy atom. The van der Waals surface area contributed by atoms with Gasteiger partial charge in [0.05, 0.1) is 17.5 Å². The first-order valence-corrected chi connectivity index (χ1v) is 5.88. The summed E-state index contributed by atoms with van der Waals surface area (Å²) in [4.78, 5) is 4.23. The molecule has 3 N–H and O–H groups in total. The molecule has 0 spiro atoms. The number of nitrogens with one attached hydrogen (secondary N) is 1. The zero-order valence-electron chi connectivity index (χ0n) is 9.48. The van der Waals surface area contributed by atoms with Crippen LogP contribution in [0.3, 0.4) is 0 Å². The lowest BCUT2D eigenvalue weighted by molar-refractivity contribution is 0.0167. The maximum absolute atomic E-state index is 5.81. The van der Waals surface area contributed by atoms with Crippen LogP contribution in [0.1, 0.15) is 25.0 Å². The average molecular weight is 221 g/mol. The molecule has 1 aromatic rings. The Bertz CT molecular complexity index is 324. The molecular weight excluding hydrogens is 202 g/mol. The molecule has 0 saturated carbocycles. The van der Waals surface area contributed by atoms with Crippen LogP contribution < -0.4 is 11.1 Å². The zero-order valence-corrected chi connectivity index (χ0v) is 9.48. The second kappa shape index (κ2) is 5.82. The van der Waals surface area contributed by atoms with Crippen molar-refractivity contribution in [2.24, 2.45) is 0 Å². The Balaban J connectivity index is 1.73. The van der Waals surface area contributed by atoms with Gasteiger partial charge in [-0.2, -0.15) is 0 Å². The van der Waals surface area contributed by atoms with Crippen LogP contribution in [-0.4, -0.2) is 24.2 Å². The van der Waals surface area contributed by atoms with Crippen molar-refractivity contribution in [3.8, 4) is 0 Å². The summed E-state index contributed by atoms with van der Waals surface area (Å²) in [7, 11) is 0. The van der Waals surface area contributed by atoms with Gasteiger partial charge in [0.25, 0.3) is 0 Å².